The van der Waals surface area contributed by atoms with E-state index in [1.54, 1.807) is 0 Å². The van der Waals surface area contributed by atoms with Gasteiger partial charge in [0.1, 0.15) is 0 Å². The smallest absolute Gasteiger partial charge is 0.0710 e. The van der Waals surface area contributed by atoms with Crippen molar-refractivity contribution in [1.29, 1.82) is 0 Å². The molecule has 0 unspecified atom stereocenters. The number of hydrogen-bond donors (Lipinski definition) is 2. The van der Waals surface area contributed by atoms with Gasteiger partial charge in [0.25, 0.3) is 0 Å². The summed E-state index contributed by atoms with van der Waals surface area (Å²) in [6, 6.07) is 14.0. The van der Waals surface area contributed by atoms with E-state index in [2.05, 4.69) is 34.9 Å². The molecule has 4 rings (SSSR count). The lowest BCUT2D eigenvalue weighted by Gasteiger charge is -2.36. The highest BCUT2D eigenvalue weighted by Crippen LogP contribution is 2.32. The summed E-state index contributed by atoms with van der Waals surface area (Å²) in [5.74, 6) is 0. The second kappa shape index (κ2) is 10.1. The van der Waals surface area contributed by atoms with Crippen LogP contribution in [0.5, 0.6) is 0 Å². The molecule has 0 bridgehead atoms. The van der Waals surface area contributed by atoms with Crippen LogP contribution in [0.3, 0.4) is 0 Å². The van der Waals surface area contributed by atoms with Crippen molar-refractivity contribution in [2.45, 2.75) is 88.4 Å². The molecule has 28 heavy (non-hydrogen) atoms. The van der Waals surface area contributed by atoms with Crippen LogP contribution >= 0.6 is 0 Å². The minimum absolute atomic E-state index is 0.140. The van der Waals surface area contributed by atoms with Gasteiger partial charge >= 0.3 is 0 Å². The lowest BCUT2D eigenvalue weighted by molar-refractivity contribution is 0.255. The van der Waals surface area contributed by atoms with Gasteiger partial charge in [-0.3, -0.25) is 9.97 Å². The predicted molar refractivity (Wildman–Crippen MR) is 114 cm³/mol. The number of pyridine rings is 2. The van der Waals surface area contributed by atoms with E-state index in [0.717, 1.165) is 11.4 Å². The maximum absolute atomic E-state index is 4.75. The molecule has 2 aromatic heterocycles. The minimum atomic E-state index is 0.140. The van der Waals surface area contributed by atoms with Crippen LogP contribution in [0, 0.1) is 0 Å². The van der Waals surface area contributed by atoms with E-state index in [9.17, 15) is 0 Å². The standard InChI is InChI=1S/C24H34N4/c1-3-11-19(12-4-1)27-23(21-15-7-9-17-25-21)24(22-16-8-10-18-26-22)28-20-13-5-2-6-14-20/h7-10,15-20,23-24,27-28H,1-6,11-14H2/t23-,24-/m0/s1. The Kier molecular flexibility index (Phi) is 7.07. The first-order valence-corrected chi connectivity index (χ1v) is 11.2. The second-order valence-electron chi connectivity index (χ2n) is 8.47. The molecule has 0 amide bonds. The first kappa shape index (κ1) is 19.5. The van der Waals surface area contributed by atoms with Gasteiger partial charge in [-0.15, -0.1) is 0 Å². The lowest BCUT2D eigenvalue weighted by Crippen LogP contribution is -2.45. The van der Waals surface area contributed by atoms with E-state index in [0.29, 0.717) is 12.1 Å². The van der Waals surface area contributed by atoms with Crippen LogP contribution in [0.15, 0.2) is 48.8 Å². The van der Waals surface area contributed by atoms with Crippen LogP contribution in [-0.4, -0.2) is 22.1 Å². The molecule has 2 atom stereocenters. The average Bonchev–Trinajstić information content (AvgIpc) is 2.79. The zero-order chi connectivity index (χ0) is 19.0. The molecule has 0 spiro atoms. The van der Waals surface area contributed by atoms with Crippen molar-refractivity contribution < 1.29 is 0 Å². The van der Waals surface area contributed by atoms with Crippen LogP contribution in [0.2, 0.25) is 0 Å². The third-order valence-electron chi connectivity index (χ3n) is 6.39. The molecule has 0 aliphatic heterocycles. The molecule has 2 aliphatic carbocycles. The van der Waals surface area contributed by atoms with Crippen molar-refractivity contribution >= 4 is 0 Å². The molecule has 2 aliphatic rings. The van der Waals surface area contributed by atoms with E-state index in [-0.39, 0.29) is 12.1 Å². The molecule has 2 fully saturated rings. The molecule has 150 valence electrons. The van der Waals surface area contributed by atoms with Crippen LogP contribution in [-0.2, 0) is 0 Å². The fourth-order valence-electron chi connectivity index (χ4n) is 4.87. The number of aromatic nitrogens is 2. The average molecular weight is 379 g/mol. The summed E-state index contributed by atoms with van der Waals surface area (Å²) in [7, 11) is 0. The number of rotatable bonds is 7. The predicted octanol–water partition coefficient (Wildman–Crippen LogP) is 5.10. The molecule has 4 nitrogen and oxygen atoms in total. The number of nitrogens with zero attached hydrogens (tertiary/aromatic N) is 2. The first-order chi connectivity index (χ1) is 13.9. The van der Waals surface area contributed by atoms with E-state index < -0.39 is 0 Å². The SMILES string of the molecule is c1ccc([C@H](NC2CCCCC2)[C@@H](NC2CCCCC2)c2ccccn2)nc1. The molecule has 2 saturated carbocycles. The Balaban J connectivity index is 1.62. The molecular formula is C24H34N4. The Bertz CT molecular complexity index is 617. The Labute approximate surface area is 169 Å². The van der Waals surface area contributed by atoms with Gasteiger partial charge in [-0.05, 0) is 49.9 Å². The van der Waals surface area contributed by atoms with Crippen LogP contribution in [0.25, 0.3) is 0 Å². The highest BCUT2D eigenvalue weighted by atomic mass is 15.1. The van der Waals surface area contributed by atoms with Gasteiger partial charge in [-0.1, -0.05) is 50.7 Å². The largest absolute Gasteiger partial charge is 0.304 e. The van der Waals surface area contributed by atoms with Crippen LogP contribution in [0.4, 0.5) is 0 Å². The van der Waals surface area contributed by atoms with Crippen molar-refractivity contribution in [1.82, 2.24) is 20.6 Å². The van der Waals surface area contributed by atoms with Gasteiger partial charge in [0, 0.05) is 24.5 Å². The Morgan fingerprint density at radius 3 is 1.39 bits per heavy atom. The lowest BCUT2D eigenvalue weighted by atomic mass is 9.90. The minimum Gasteiger partial charge on any atom is -0.304 e. The molecule has 4 heteroatoms. The quantitative estimate of drug-likeness (QED) is 0.703. The van der Waals surface area contributed by atoms with E-state index in [1.165, 1.54) is 64.2 Å². The van der Waals surface area contributed by atoms with Crippen LogP contribution < -0.4 is 10.6 Å². The highest BCUT2D eigenvalue weighted by Gasteiger charge is 2.31. The van der Waals surface area contributed by atoms with Crippen molar-refractivity contribution in [3.05, 3.63) is 60.2 Å². The summed E-state index contributed by atoms with van der Waals surface area (Å²) in [5.41, 5.74) is 2.24. The maximum Gasteiger partial charge on any atom is 0.0710 e. The molecule has 2 aromatic rings. The van der Waals surface area contributed by atoms with Gasteiger partial charge in [0.05, 0.1) is 23.5 Å². The molecule has 0 radical (unpaired) electrons. The Morgan fingerprint density at radius 2 is 1.04 bits per heavy atom. The highest BCUT2D eigenvalue weighted by molar-refractivity contribution is 5.19. The summed E-state index contributed by atoms with van der Waals surface area (Å²) in [6.07, 6.45) is 17.0. The summed E-state index contributed by atoms with van der Waals surface area (Å²) in [4.78, 5) is 9.51. The van der Waals surface area contributed by atoms with Gasteiger partial charge < -0.3 is 10.6 Å². The zero-order valence-corrected chi connectivity index (χ0v) is 16.9. The van der Waals surface area contributed by atoms with Gasteiger partial charge in [0.15, 0.2) is 0 Å². The van der Waals surface area contributed by atoms with Crippen molar-refractivity contribution in [3.63, 3.8) is 0 Å². The topological polar surface area (TPSA) is 49.8 Å². The van der Waals surface area contributed by atoms with Crippen molar-refractivity contribution in [2.24, 2.45) is 0 Å². The molecule has 2 N–H and O–H groups in total. The molecule has 2 heterocycles. The van der Waals surface area contributed by atoms with Crippen molar-refractivity contribution in [3.8, 4) is 0 Å². The van der Waals surface area contributed by atoms with E-state index in [1.807, 2.05) is 24.5 Å². The third kappa shape index (κ3) is 5.18. The van der Waals surface area contributed by atoms with Gasteiger partial charge in [-0.25, -0.2) is 0 Å². The van der Waals surface area contributed by atoms with Crippen LogP contribution in [0.1, 0.15) is 87.7 Å². The fourth-order valence-corrected chi connectivity index (χ4v) is 4.87. The summed E-state index contributed by atoms with van der Waals surface area (Å²) in [6.45, 7) is 0. The third-order valence-corrected chi connectivity index (χ3v) is 6.39. The Morgan fingerprint density at radius 1 is 0.607 bits per heavy atom. The van der Waals surface area contributed by atoms with Gasteiger partial charge in [-0.2, -0.15) is 0 Å². The number of hydrogen-bond acceptors (Lipinski definition) is 4. The van der Waals surface area contributed by atoms with E-state index in [4.69, 9.17) is 9.97 Å². The second-order valence-corrected chi connectivity index (χ2v) is 8.47. The molecule has 0 aromatic carbocycles. The summed E-state index contributed by atoms with van der Waals surface area (Å²) in [5, 5.41) is 7.99. The van der Waals surface area contributed by atoms with Crippen molar-refractivity contribution in [2.75, 3.05) is 0 Å². The normalized spacial score (nSPS) is 21.3. The molecular weight excluding hydrogens is 344 g/mol. The first-order valence-electron chi connectivity index (χ1n) is 11.2. The fraction of sp³-hybridized carbons (Fsp3) is 0.583. The number of nitrogens with one attached hydrogen (secondary N) is 2. The van der Waals surface area contributed by atoms with E-state index >= 15 is 0 Å². The summed E-state index contributed by atoms with van der Waals surface area (Å²) >= 11 is 0. The maximum atomic E-state index is 4.75. The molecule has 0 saturated heterocycles. The zero-order valence-electron chi connectivity index (χ0n) is 16.9. The van der Waals surface area contributed by atoms with Gasteiger partial charge in [0.2, 0.25) is 0 Å². The Hall–Kier alpha value is -1.78. The monoisotopic (exact) mass is 378 g/mol. The summed E-state index contributed by atoms with van der Waals surface area (Å²) < 4.78 is 0.